The van der Waals surface area contributed by atoms with Gasteiger partial charge in [0, 0.05) is 20.0 Å². The molecule has 0 aliphatic rings. The zero-order valence-electron chi connectivity index (χ0n) is 14.0. The van der Waals surface area contributed by atoms with E-state index in [-0.39, 0.29) is 42.3 Å². The van der Waals surface area contributed by atoms with E-state index >= 15 is 0 Å². The van der Waals surface area contributed by atoms with Crippen molar-refractivity contribution in [3.63, 3.8) is 0 Å². The quantitative estimate of drug-likeness (QED) is 0.212. The molecule has 1 unspecified atom stereocenters. The summed E-state index contributed by atoms with van der Waals surface area (Å²) < 4.78 is 49.7. The number of guanidine groups is 1. The Hall–Kier alpha value is -1.06. The SMILES string of the molecule is CN=C(NCCCCC(F)(F)F)NC(C)c1ccc(C)c(F)c1.I. The number of halogens is 5. The van der Waals surface area contributed by atoms with Gasteiger partial charge in [-0.1, -0.05) is 12.1 Å². The van der Waals surface area contributed by atoms with E-state index in [1.54, 1.807) is 20.0 Å². The molecule has 8 heteroatoms. The van der Waals surface area contributed by atoms with Crippen LogP contribution in [-0.4, -0.2) is 25.7 Å². The minimum atomic E-state index is -4.11. The Kier molecular flexibility index (Phi) is 10.3. The lowest BCUT2D eigenvalue weighted by atomic mass is 10.1. The van der Waals surface area contributed by atoms with Gasteiger partial charge in [0.25, 0.3) is 0 Å². The fourth-order valence-corrected chi connectivity index (χ4v) is 2.02. The summed E-state index contributed by atoms with van der Waals surface area (Å²) in [6, 6.07) is 4.82. The molecular weight excluding hydrogens is 437 g/mol. The van der Waals surface area contributed by atoms with Gasteiger partial charge in [-0.15, -0.1) is 24.0 Å². The van der Waals surface area contributed by atoms with Crippen LogP contribution in [0.25, 0.3) is 0 Å². The number of aliphatic imine (C=N–C) groups is 1. The first-order valence-corrected chi connectivity index (χ1v) is 7.53. The fraction of sp³-hybridized carbons (Fsp3) is 0.562. The molecule has 0 heterocycles. The van der Waals surface area contributed by atoms with Crippen molar-refractivity contribution >= 4 is 29.9 Å². The molecule has 24 heavy (non-hydrogen) atoms. The zero-order valence-corrected chi connectivity index (χ0v) is 16.3. The van der Waals surface area contributed by atoms with Crippen LogP contribution >= 0.6 is 24.0 Å². The largest absolute Gasteiger partial charge is 0.389 e. The van der Waals surface area contributed by atoms with Crippen molar-refractivity contribution < 1.29 is 17.6 Å². The van der Waals surface area contributed by atoms with E-state index in [1.807, 2.05) is 13.0 Å². The van der Waals surface area contributed by atoms with E-state index in [2.05, 4.69) is 15.6 Å². The summed E-state index contributed by atoms with van der Waals surface area (Å²) in [4.78, 5) is 4.02. The molecule has 0 aliphatic heterocycles. The number of hydrogen-bond acceptors (Lipinski definition) is 1. The van der Waals surface area contributed by atoms with E-state index in [1.165, 1.54) is 6.07 Å². The molecule has 1 atom stereocenters. The van der Waals surface area contributed by atoms with Crippen molar-refractivity contribution in [2.75, 3.05) is 13.6 Å². The Labute approximate surface area is 157 Å². The van der Waals surface area contributed by atoms with Gasteiger partial charge < -0.3 is 10.6 Å². The van der Waals surface area contributed by atoms with Crippen LogP contribution < -0.4 is 10.6 Å². The fourth-order valence-electron chi connectivity index (χ4n) is 2.02. The van der Waals surface area contributed by atoms with Gasteiger partial charge in [0.05, 0.1) is 6.04 Å². The summed E-state index contributed by atoms with van der Waals surface area (Å²) >= 11 is 0. The second kappa shape index (κ2) is 10.7. The number of alkyl halides is 3. The minimum Gasteiger partial charge on any atom is -0.356 e. The van der Waals surface area contributed by atoms with Gasteiger partial charge >= 0.3 is 6.18 Å². The summed E-state index contributed by atoms with van der Waals surface area (Å²) in [5.74, 6) is 0.205. The average Bonchev–Trinajstić information content (AvgIpc) is 2.47. The molecule has 0 saturated carbocycles. The van der Waals surface area contributed by atoms with E-state index in [0.29, 0.717) is 24.5 Å². The smallest absolute Gasteiger partial charge is 0.356 e. The standard InChI is InChI=1S/C16H23F4N3.HI/c1-11-6-7-13(10-14(11)17)12(2)23-15(21-3)22-9-5-4-8-16(18,19)20;/h6-7,10,12H,4-5,8-9H2,1-3H3,(H2,21,22,23);1H. The minimum absolute atomic E-state index is 0. The summed E-state index contributed by atoms with van der Waals surface area (Å²) in [5, 5.41) is 6.05. The highest BCUT2D eigenvalue weighted by atomic mass is 127. The number of nitrogens with zero attached hydrogens (tertiary/aromatic N) is 1. The van der Waals surface area contributed by atoms with Crippen LogP contribution in [0, 0.1) is 12.7 Å². The van der Waals surface area contributed by atoms with Crippen LogP contribution in [0.4, 0.5) is 17.6 Å². The third-order valence-electron chi connectivity index (χ3n) is 3.45. The van der Waals surface area contributed by atoms with Crippen molar-refractivity contribution in [2.24, 2.45) is 4.99 Å². The van der Waals surface area contributed by atoms with E-state index in [9.17, 15) is 17.6 Å². The normalized spacial score (nSPS) is 13.2. The van der Waals surface area contributed by atoms with Gasteiger partial charge in [0.15, 0.2) is 5.96 Å². The highest BCUT2D eigenvalue weighted by molar-refractivity contribution is 14.0. The Morgan fingerprint density at radius 1 is 1.25 bits per heavy atom. The lowest BCUT2D eigenvalue weighted by molar-refractivity contribution is -0.135. The number of aryl methyl sites for hydroxylation is 1. The Balaban J connectivity index is 0.00000529. The van der Waals surface area contributed by atoms with Crippen molar-refractivity contribution in [1.82, 2.24) is 10.6 Å². The molecule has 2 N–H and O–H groups in total. The van der Waals surface area contributed by atoms with Crippen molar-refractivity contribution in [3.8, 4) is 0 Å². The zero-order chi connectivity index (χ0) is 17.5. The maximum absolute atomic E-state index is 13.6. The molecule has 1 aromatic rings. The number of nitrogens with one attached hydrogen (secondary N) is 2. The molecular formula is C16H24F4IN3. The summed E-state index contributed by atoms with van der Waals surface area (Å²) in [7, 11) is 1.58. The second-order valence-corrected chi connectivity index (χ2v) is 5.45. The van der Waals surface area contributed by atoms with Crippen LogP contribution in [0.3, 0.4) is 0 Å². The van der Waals surface area contributed by atoms with Gasteiger partial charge in [0.1, 0.15) is 5.82 Å². The monoisotopic (exact) mass is 461 g/mol. The van der Waals surface area contributed by atoms with Crippen LogP contribution in [0.5, 0.6) is 0 Å². The number of rotatable bonds is 6. The third kappa shape index (κ3) is 8.70. The summed E-state index contributed by atoms with van der Waals surface area (Å²) in [6.07, 6.45) is -4.41. The van der Waals surface area contributed by atoms with E-state index < -0.39 is 12.6 Å². The predicted octanol–water partition coefficient (Wildman–Crippen LogP) is 4.71. The Bertz CT molecular complexity index is 533. The maximum Gasteiger partial charge on any atom is 0.389 e. The first kappa shape index (κ1) is 22.9. The lowest BCUT2D eigenvalue weighted by Crippen LogP contribution is -2.39. The van der Waals surface area contributed by atoms with E-state index in [4.69, 9.17) is 0 Å². The molecule has 0 fully saturated rings. The highest BCUT2D eigenvalue weighted by Gasteiger charge is 2.25. The van der Waals surface area contributed by atoms with Gasteiger partial charge in [-0.2, -0.15) is 13.2 Å². The molecule has 1 aromatic carbocycles. The number of benzene rings is 1. The summed E-state index contributed by atoms with van der Waals surface area (Å²) in [5.41, 5.74) is 1.35. The van der Waals surface area contributed by atoms with Crippen LogP contribution in [-0.2, 0) is 0 Å². The molecule has 138 valence electrons. The number of hydrogen-bond donors (Lipinski definition) is 2. The topological polar surface area (TPSA) is 36.4 Å². The van der Waals surface area contributed by atoms with Crippen LogP contribution in [0.15, 0.2) is 23.2 Å². The van der Waals surface area contributed by atoms with Crippen LogP contribution in [0.1, 0.15) is 43.4 Å². The molecule has 0 saturated heterocycles. The molecule has 0 aliphatic carbocycles. The molecule has 1 rings (SSSR count). The average molecular weight is 461 g/mol. The third-order valence-corrected chi connectivity index (χ3v) is 3.45. The molecule has 0 aromatic heterocycles. The molecule has 0 radical (unpaired) electrons. The second-order valence-electron chi connectivity index (χ2n) is 5.45. The van der Waals surface area contributed by atoms with Crippen molar-refractivity contribution in [3.05, 3.63) is 35.1 Å². The highest BCUT2D eigenvalue weighted by Crippen LogP contribution is 2.21. The van der Waals surface area contributed by atoms with E-state index in [0.717, 1.165) is 5.56 Å². The van der Waals surface area contributed by atoms with Gasteiger partial charge in [-0.05, 0) is 43.9 Å². The Morgan fingerprint density at radius 3 is 2.46 bits per heavy atom. The Morgan fingerprint density at radius 2 is 1.92 bits per heavy atom. The maximum atomic E-state index is 13.6. The molecule has 3 nitrogen and oxygen atoms in total. The van der Waals surface area contributed by atoms with Gasteiger partial charge in [-0.3, -0.25) is 4.99 Å². The lowest BCUT2D eigenvalue weighted by Gasteiger charge is -2.18. The predicted molar refractivity (Wildman–Crippen MR) is 99.4 cm³/mol. The van der Waals surface area contributed by atoms with Crippen molar-refractivity contribution in [2.45, 2.75) is 45.3 Å². The number of unbranched alkanes of at least 4 members (excludes halogenated alkanes) is 1. The van der Waals surface area contributed by atoms with Crippen molar-refractivity contribution in [1.29, 1.82) is 0 Å². The molecule has 0 amide bonds. The molecule has 0 spiro atoms. The van der Waals surface area contributed by atoms with Crippen LogP contribution in [0.2, 0.25) is 0 Å². The van der Waals surface area contributed by atoms with Gasteiger partial charge in [-0.25, -0.2) is 4.39 Å². The first-order valence-electron chi connectivity index (χ1n) is 7.53. The molecule has 0 bridgehead atoms. The first-order chi connectivity index (χ1) is 10.7. The van der Waals surface area contributed by atoms with Gasteiger partial charge in [0.2, 0.25) is 0 Å². The summed E-state index contributed by atoms with van der Waals surface area (Å²) in [6.45, 7) is 3.95.